The standard InChI is InChI=1S/C8H15N2.C3H4O2/c1-3-4-5-10-7-6-9(2)8-10;1-2-3(4)5/h6-8H,3-5H2,1-2H3;2H,1H2,(H,4,5)/q+1;/p-1. The number of rotatable bonds is 4. The Morgan fingerprint density at radius 2 is 2.27 bits per heavy atom. The van der Waals surface area contributed by atoms with Crippen molar-refractivity contribution < 1.29 is 14.5 Å². The summed E-state index contributed by atoms with van der Waals surface area (Å²) in [6.45, 7) is 6.26. The van der Waals surface area contributed by atoms with Gasteiger partial charge in [0.05, 0.1) is 19.6 Å². The minimum atomic E-state index is -1.23. The third-order valence-electron chi connectivity index (χ3n) is 1.76. The highest BCUT2D eigenvalue weighted by Gasteiger charge is 1.96. The molecule has 0 aromatic carbocycles. The molecule has 0 aliphatic heterocycles. The molecule has 0 aliphatic carbocycles. The van der Waals surface area contributed by atoms with Gasteiger partial charge in [-0.3, -0.25) is 0 Å². The van der Waals surface area contributed by atoms with Gasteiger partial charge in [0.2, 0.25) is 6.33 Å². The summed E-state index contributed by atoms with van der Waals surface area (Å²) in [4.78, 5) is 9.14. The van der Waals surface area contributed by atoms with Crippen molar-refractivity contribution in [3.63, 3.8) is 0 Å². The molecule has 1 aromatic rings. The van der Waals surface area contributed by atoms with Crippen LogP contribution in [0.15, 0.2) is 31.4 Å². The molecule has 0 N–H and O–H groups in total. The van der Waals surface area contributed by atoms with Gasteiger partial charge in [0.15, 0.2) is 0 Å². The van der Waals surface area contributed by atoms with E-state index in [0.717, 1.165) is 12.6 Å². The normalized spacial score (nSPS) is 8.93. The van der Waals surface area contributed by atoms with Gasteiger partial charge in [-0.1, -0.05) is 19.9 Å². The molecule has 0 radical (unpaired) electrons. The quantitative estimate of drug-likeness (QED) is 0.520. The number of hydrogen-bond donors (Lipinski definition) is 0. The van der Waals surface area contributed by atoms with Crippen molar-refractivity contribution >= 4 is 5.97 Å². The molecule has 0 atom stereocenters. The fourth-order valence-corrected chi connectivity index (χ4v) is 0.975. The molecule has 0 aliphatic rings. The first-order valence-electron chi connectivity index (χ1n) is 4.94. The first kappa shape index (κ1) is 13.4. The average Bonchev–Trinajstić information content (AvgIpc) is 2.62. The third kappa shape index (κ3) is 7.49. The van der Waals surface area contributed by atoms with E-state index < -0.39 is 5.97 Å². The zero-order valence-electron chi connectivity index (χ0n) is 9.35. The van der Waals surface area contributed by atoms with E-state index in [-0.39, 0.29) is 0 Å². The molecule has 0 spiro atoms. The zero-order chi connectivity index (χ0) is 11.7. The Labute approximate surface area is 90.5 Å². The molecule has 15 heavy (non-hydrogen) atoms. The smallest absolute Gasteiger partial charge is 0.243 e. The van der Waals surface area contributed by atoms with E-state index >= 15 is 0 Å². The molecule has 0 fully saturated rings. The first-order valence-corrected chi connectivity index (χ1v) is 4.94. The molecule has 0 bridgehead atoms. The highest BCUT2D eigenvalue weighted by atomic mass is 16.4. The molecule has 0 saturated heterocycles. The lowest BCUT2D eigenvalue weighted by molar-refractivity contribution is -0.671. The summed E-state index contributed by atoms with van der Waals surface area (Å²) in [6.07, 6.45) is 9.54. The van der Waals surface area contributed by atoms with E-state index in [2.05, 4.69) is 41.4 Å². The Hall–Kier alpha value is -1.58. The van der Waals surface area contributed by atoms with E-state index in [1.165, 1.54) is 12.8 Å². The van der Waals surface area contributed by atoms with Crippen molar-refractivity contribution in [3.05, 3.63) is 31.4 Å². The number of aliphatic carboxylic acids is 1. The van der Waals surface area contributed by atoms with Gasteiger partial charge in [-0.15, -0.1) is 0 Å². The van der Waals surface area contributed by atoms with Gasteiger partial charge in [0, 0.05) is 0 Å². The second-order valence-corrected chi connectivity index (χ2v) is 3.19. The van der Waals surface area contributed by atoms with Crippen molar-refractivity contribution in [2.45, 2.75) is 26.3 Å². The third-order valence-corrected chi connectivity index (χ3v) is 1.76. The number of carboxylic acid groups (broad SMARTS) is 1. The number of carboxylic acids is 1. The Morgan fingerprint density at radius 3 is 2.60 bits per heavy atom. The maximum absolute atomic E-state index is 9.14. The number of unbranched alkanes of at least 4 members (excludes halogenated alkanes) is 1. The van der Waals surface area contributed by atoms with Crippen LogP contribution in [0.4, 0.5) is 0 Å². The maximum atomic E-state index is 9.14. The number of aromatic nitrogens is 2. The summed E-state index contributed by atoms with van der Waals surface area (Å²) >= 11 is 0. The predicted molar refractivity (Wildman–Crippen MR) is 55.7 cm³/mol. The van der Waals surface area contributed by atoms with Crippen LogP contribution < -0.4 is 9.67 Å². The lowest BCUT2D eigenvalue weighted by atomic mass is 10.3. The number of carbonyl (C=O) groups excluding carboxylic acids is 1. The number of nitrogens with zero attached hydrogens (tertiary/aromatic N) is 2. The van der Waals surface area contributed by atoms with Crippen LogP contribution in [-0.2, 0) is 18.4 Å². The van der Waals surface area contributed by atoms with Crippen LogP contribution in [0.2, 0.25) is 0 Å². The summed E-state index contributed by atoms with van der Waals surface area (Å²) in [5.41, 5.74) is 0. The molecule has 4 heteroatoms. The summed E-state index contributed by atoms with van der Waals surface area (Å²) in [6, 6.07) is 0. The Balaban J connectivity index is 0.000000336. The summed E-state index contributed by atoms with van der Waals surface area (Å²) in [5, 5.41) is 9.14. The van der Waals surface area contributed by atoms with Crippen molar-refractivity contribution in [1.29, 1.82) is 0 Å². The van der Waals surface area contributed by atoms with Crippen molar-refractivity contribution in [1.82, 2.24) is 4.57 Å². The lowest BCUT2D eigenvalue weighted by Gasteiger charge is -1.90. The molecule has 4 nitrogen and oxygen atoms in total. The molecule has 0 unspecified atom stereocenters. The van der Waals surface area contributed by atoms with E-state index in [4.69, 9.17) is 9.90 Å². The monoisotopic (exact) mass is 210 g/mol. The van der Waals surface area contributed by atoms with Crippen LogP contribution in [-0.4, -0.2) is 10.5 Å². The van der Waals surface area contributed by atoms with Gasteiger partial charge >= 0.3 is 0 Å². The van der Waals surface area contributed by atoms with E-state index in [1.807, 2.05) is 7.05 Å². The second-order valence-electron chi connectivity index (χ2n) is 3.19. The summed E-state index contributed by atoms with van der Waals surface area (Å²) in [5.74, 6) is -1.23. The second kappa shape index (κ2) is 7.79. The van der Waals surface area contributed by atoms with Crippen molar-refractivity contribution in [2.75, 3.05) is 0 Å². The van der Waals surface area contributed by atoms with E-state index in [1.54, 1.807) is 0 Å². The number of carbonyl (C=O) groups is 1. The average molecular weight is 210 g/mol. The van der Waals surface area contributed by atoms with Crippen LogP contribution in [0, 0.1) is 0 Å². The van der Waals surface area contributed by atoms with Gasteiger partial charge < -0.3 is 9.90 Å². The highest BCUT2D eigenvalue weighted by Crippen LogP contribution is 1.91. The van der Waals surface area contributed by atoms with E-state index in [9.17, 15) is 0 Å². The number of aryl methyl sites for hydroxylation is 2. The van der Waals surface area contributed by atoms with Gasteiger partial charge in [0.1, 0.15) is 12.4 Å². The van der Waals surface area contributed by atoms with Crippen LogP contribution in [0.5, 0.6) is 0 Å². The predicted octanol–water partition coefficient (Wildman–Crippen LogP) is 0.0350. The van der Waals surface area contributed by atoms with Crippen LogP contribution in [0.1, 0.15) is 19.8 Å². The largest absolute Gasteiger partial charge is 0.545 e. The molecular weight excluding hydrogens is 192 g/mol. The van der Waals surface area contributed by atoms with Crippen LogP contribution in [0.25, 0.3) is 0 Å². The molecule has 0 amide bonds. The minimum Gasteiger partial charge on any atom is -0.545 e. The van der Waals surface area contributed by atoms with Gasteiger partial charge in [-0.2, -0.15) is 0 Å². The number of hydrogen-bond acceptors (Lipinski definition) is 2. The molecule has 1 heterocycles. The summed E-state index contributed by atoms with van der Waals surface area (Å²) in [7, 11) is 2.04. The van der Waals surface area contributed by atoms with Crippen molar-refractivity contribution in [3.8, 4) is 0 Å². The van der Waals surface area contributed by atoms with Crippen LogP contribution in [0.3, 0.4) is 0 Å². The van der Waals surface area contributed by atoms with Gasteiger partial charge in [0.25, 0.3) is 0 Å². The first-order chi connectivity index (χ1) is 7.10. The molecule has 1 aromatic heterocycles. The fourth-order valence-electron chi connectivity index (χ4n) is 0.975. The van der Waals surface area contributed by atoms with E-state index in [0.29, 0.717) is 0 Å². The Bertz CT molecular complexity index is 305. The van der Waals surface area contributed by atoms with Crippen LogP contribution >= 0.6 is 0 Å². The number of imidazole rings is 1. The topological polar surface area (TPSA) is 48.9 Å². The molecule has 84 valence electrons. The highest BCUT2D eigenvalue weighted by molar-refractivity contribution is 5.76. The Morgan fingerprint density at radius 1 is 1.67 bits per heavy atom. The molecule has 1 rings (SSSR count). The fraction of sp³-hybridized carbons (Fsp3) is 0.455. The molecule has 0 saturated carbocycles. The minimum absolute atomic E-state index is 0.722. The maximum Gasteiger partial charge on any atom is 0.243 e. The lowest BCUT2D eigenvalue weighted by Crippen LogP contribution is -2.23. The van der Waals surface area contributed by atoms with Gasteiger partial charge in [-0.25, -0.2) is 9.13 Å². The zero-order valence-corrected chi connectivity index (χ0v) is 9.35. The Kier molecular flexibility index (Phi) is 6.97. The van der Waals surface area contributed by atoms with Gasteiger partial charge in [-0.05, 0) is 12.5 Å². The summed E-state index contributed by atoms with van der Waals surface area (Å²) < 4.78 is 4.28. The van der Waals surface area contributed by atoms with Crippen molar-refractivity contribution in [2.24, 2.45) is 7.05 Å². The molecular formula is C11H18N2O2. The SMILES string of the molecule is C=CC(=O)[O-].CCCCn1cc[n+](C)c1.